The molecule has 0 bridgehead atoms. The van der Waals surface area contributed by atoms with E-state index >= 15 is 0 Å². The minimum atomic E-state index is -0.586. The predicted octanol–water partition coefficient (Wildman–Crippen LogP) is 2.64. The maximum Gasteiger partial charge on any atom is 0.123 e. The van der Waals surface area contributed by atoms with E-state index in [-0.39, 0.29) is 11.9 Å². The van der Waals surface area contributed by atoms with Crippen molar-refractivity contribution < 1.29 is 9.50 Å². The van der Waals surface area contributed by atoms with E-state index < -0.39 is 6.10 Å². The molecule has 0 radical (unpaired) electrons. The van der Waals surface area contributed by atoms with E-state index in [0.29, 0.717) is 0 Å². The predicted molar refractivity (Wildman–Crippen MR) is 63.7 cm³/mol. The fraction of sp³-hybridized carbons (Fsp3) is 0.538. The maximum absolute atomic E-state index is 12.7. The summed E-state index contributed by atoms with van der Waals surface area (Å²) in [5.74, 6) is -0.275. The van der Waals surface area contributed by atoms with Gasteiger partial charge in [0.2, 0.25) is 0 Å². The van der Waals surface area contributed by atoms with Gasteiger partial charge in [-0.15, -0.1) is 0 Å². The second kappa shape index (κ2) is 6.61. The summed E-state index contributed by atoms with van der Waals surface area (Å²) in [6.07, 6.45) is 1.64. The minimum Gasteiger partial charge on any atom is -0.387 e. The van der Waals surface area contributed by atoms with Gasteiger partial charge in [0, 0.05) is 6.04 Å². The van der Waals surface area contributed by atoms with E-state index in [0.717, 1.165) is 24.9 Å². The molecule has 0 fully saturated rings. The fourth-order valence-electron chi connectivity index (χ4n) is 1.57. The van der Waals surface area contributed by atoms with Gasteiger partial charge < -0.3 is 10.4 Å². The molecule has 2 unspecified atom stereocenters. The average molecular weight is 225 g/mol. The van der Waals surface area contributed by atoms with Crippen LogP contribution in [0.25, 0.3) is 0 Å². The molecule has 2 N–H and O–H groups in total. The minimum absolute atomic E-state index is 0.0167. The Balaban J connectivity index is 2.49. The first-order chi connectivity index (χ1) is 7.65. The van der Waals surface area contributed by atoms with Crippen molar-refractivity contribution in [2.45, 2.75) is 38.8 Å². The smallest absolute Gasteiger partial charge is 0.123 e. The number of aliphatic hydroxyl groups is 1. The fourth-order valence-corrected chi connectivity index (χ4v) is 1.57. The van der Waals surface area contributed by atoms with Gasteiger partial charge in [-0.3, -0.25) is 0 Å². The van der Waals surface area contributed by atoms with Crippen LogP contribution in [0.15, 0.2) is 24.3 Å². The van der Waals surface area contributed by atoms with Crippen LogP contribution in [-0.4, -0.2) is 17.7 Å². The van der Waals surface area contributed by atoms with Crippen molar-refractivity contribution in [3.05, 3.63) is 35.6 Å². The van der Waals surface area contributed by atoms with Gasteiger partial charge in [-0.25, -0.2) is 4.39 Å². The van der Waals surface area contributed by atoms with Crippen LogP contribution < -0.4 is 5.32 Å². The van der Waals surface area contributed by atoms with E-state index in [9.17, 15) is 9.50 Å². The molecule has 1 aromatic rings. The first kappa shape index (κ1) is 13.1. The molecule has 2 atom stereocenters. The maximum atomic E-state index is 12.7. The van der Waals surface area contributed by atoms with Crippen LogP contribution in [-0.2, 0) is 0 Å². The van der Waals surface area contributed by atoms with Crippen LogP contribution in [0.4, 0.5) is 4.39 Å². The number of halogens is 1. The van der Waals surface area contributed by atoms with Crippen molar-refractivity contribution in [2.75, 3.05) is 6.54 Å². The Hall–Kier alpha value is -0.930. The molecule has 0 saturated carbocycles. The lowest BCUT2D eigenvalue weighted by Crippen LogP contribution is -2.32. The molecule has 0 aliphatic carbocycles. The van der Waals surface area contributed by atoms with E-state index in [4.69, 9.17) is 0 Å². The molecule has 2 nitrogen and oxygen atoms in total. The molecule has 16 heavy (non-hydrogen) atoms. The zero-order chi connectivity index (χ0) is 12.0. The number of nitrogens with one attached hydrogen (secondary N) is 1. The quantitative estimate of drug-likeness (QED) is 0.729. The van der Waals surface area contributed by atoms with E-state index in [1.807, 2.05) is 6.92 Å². The second-order valence-corrected chi connectivity index (χ2v) is 4.09. The first-order valence-electron chi connectivity index (χ1n) is 5.82. The molecule has 0 aromatic heterocycles. The molecule has 0 amide bonds. The summed E-state index contributed by atoms with van der Waals surface area (Å²) in [7, 11) is 0. The van der Waals surface area contributed by atoms with Crippen molar-refractivity contribution in [1.82, 2.24) is 5.32 Å². The molecular weight excluding hydrogens is 205 g/mol. The van der Waals surface area contributed by atoms with E-state index in [1.165, 1.54) is 12.1 Å². The highest BCUT2D eigenvalue weighted by atomic mass is 19.1. The molecule has 0 aliphatic heterocycles. The second-order valence-electron chi connectivity index (χ2n) is 4.09. The van der Waals surface area contributed by atoms with Crippen molar-refractivity contribution in [1.29, 1.82) is 0 Å². The van der Waals surface area contributed by atoms with Gasteiger partial charge >= 0.3 is 0 Å². The standard InChI is InChI=1S/C13H20FNO/c1-3-4-9-15-10(2)13(16)11-5-7-12(14)8-6-11/h5-8,10,13,15-16H,3-4,9H2,1-2H3. The summed E-state index contributed by atoms with van der Waals surface area (Å²) < 4.78 is 12.7. The summed E-state index contributed by atoms with van der Waals surface area (Å²) in [5.41, 5.74) is 0.748. The normalized spacial score (nSPS) is 14.8. The molecule has 1 rings (SSSR count). The van der Waals surface area contributed by atoms with Gasteiger partial charge in [0.25, 0.3) is 0 Å². The average Bonchev–Trinajstić information content (AvgIpc) is 2.29. The third-order valence-corrected chi connectivity index (χ3v) is 2.68. The third-order valence-electron chi connectivity index (χ3n) is 2.68. The SMILES string of the molecule is CCCCNC(C)C(O)c1ccc(F)cc1. The Morgan fingerprint density at radius 3 is 2.50 bits per heavy atom. The molecule has 0 saturated heterocycles. The lowest BCUT2D eigenvalue weighted by Gasteiger charge is -2.20. The molecule has 3 heteroatoms. The summed E-state index contributed by atoms with van der Waals surface area (Å²) in [5, 5.41) is 13.2. The number of benzene rings is 1. The van der Waals surface area contributed by atoms with Crippen molar-refractivity contribution in [3.8, 4) is 0 Å². The summed E-state index contributed by atoms with van der Waals surface area (Å²) >= 11 is 0. The van der Waals surface area contributed by atoms with Crippen LogP contribution in [0.1, 0.15) is 38.4 Å². The molecular formula is C13H20FNO. The molecule has 90 valence electrons. The topological polar surface area (TPSA) is 32.3 Å². The van der Waals surface area contributed by atoms with Crippen LogP contribution in [0.5, 0.6) is 0 Å². The van der Waals surface area contributed by atoms with Gasteiger partial charge in [-0.1, -0.05) is 25.5 Å². The van der Waals surface area contributed by atoms with Gasteiger partial charge in [-0.2, -0.15) is 0 Å². The summed E-state index contributed by atoms with van der Waals surface area (Å²) in [6, 6.07) is 5.97. The zero-order valence-corrected chi connectivity index (χ0v) is 9.91. The Morgan fingerprint density at radius 2 is 1.94 bits per heavy atom. The first-order valence-corrected chi connectivity index (χ1v) is 5.82. The van der Waals surface area contributed by atoms with Crippen molar-refractivity contribution in [2.24, 2.45) is 0 Å². The van der Waals surface area contributed by atoms with Crippen molar-refractivity contribution >= 4 is 0 Å². The Kier molecular flexibility index (Phi) is 5.43. The van der Waals surface area contributed by atoms with Crippen LogP contribution in [0.3, 0.4) is 0 Å². The summed E-state index contributed by atoms with van der Waals surface area (Å²) in [6.45, 7) is 4.96. The van der Waals surface area contributed by atoms with Gasteiger partial charge in [0.1, 0.15) is 5.82 Å². The highest BCUT2D eigenvalue weighted by Gasteiger charge is 2.15. The lowest BCUT2D eigenvalue weighted by atomic mass is 10.0. The van der Waals surface area contributed by atoms with Crippen LogP contribution in [0, 0.1) is 5.82 Å². The number of unbranched alkanes of at least 4 members (excludes halogenated alkanes) is 1. The van der Waals surface area contributed by atoms with E-state index in [1.54, 1.807) is 12.1 Å². The highest BCUT2D eigenvalue weighted by Crippen LogP contribution is 2.16. The number of aliphatic hydroxyl groups excluding tert-OH is 1. The third kappa shape index (κ3) is 3.91. The van der Waals surface area contributed by atoms with Crippen LogP contribution in [0.2, 0.25) is 0 Å². The van der Waals surface area contributed by atoms with Gasteiger partial charge in [-0.05, 0) is 37.6 Å². The molecule has 0 aliphatic rings. The molecule has 0 spiro atoms. The number of rotatable bonds is 6. The number of hydrogen-bond acceptors (Lipinski definition) is 2. The van der Waals surface area contributed by atoms with Gasteiger partial charge in [0.15, 0.2) is 0 Å². The molecule has 0 heterocycles. The van der Waals surface area contributed by atoms with Crippen LogP contribution >= 0.6 is 0 Å². The van der Waals surface area contributed by atoms with Gasteiger partial charge in [0.05, 0.1) is 6.10 Å². The molecule has 1 aromatic carbocycles. The summed E-state index contributed by atoms with van der Waals surface area (Å²) in [4.78, 5) is 0. The largest absolute Gasteiger partial charge is 0.387 e. The number of hydrogen-bond donors (Lipinski definition) is 2. The van der Waals surface area contributed by atoms with E-state index in [2.05, 4.69) is 12.2 Å². The zero-order valence-electron chi connectivity index (χ0n) is 9.91. The Bertz CT molecular complexity index is 299. The Labute approximate surface area is 96.5 Å². The lowest BCUT2D eigenvalue weighted by molar-refractivity contribution is 0.136. The Morgan fingerprint density at radius 1 is 1.31 bits per heavy atom. The van der Waals surface area contributed by atoms with Crippen molar-refractivity contribution in [3.63, 3.8) is 0 Å². The highest BCUT2D eigenvalue weighted by molar-refractivity contribution is 5.19. The monoisotopic (exact) mass is 225 g/mol.